The quantitative estimate of drug-likeness (QED) is 0.188. The number of nitrogens with zero attached hydrogens (tertiary/aromatic N) is 1. The summed E-state index contributed by atoms with van der Waals surface area (Å²) < 4.78 is 5.40. The zero-order valence-electron chi connectivity index (χ0n) is 28.9. The Balaban J connectivity index is 1.67. The smallest absolute Gasteiger partial charge is 0.408 e. The second kappa shape index (κ2) is 14.7. The zero-order chi connectivity index (χ0) is 35.3. The second-order valence-electron chi connectivity index (χ2n) is 15.1. The number of ether oxygens (including phenoxy) is 1. The van der Waals surface area contributed by atoms with Crippen molar-refractivity contribution in [1.82, 2.24) is 26.2 Å². The van der Waals surface area contributed by atoms with Crippen LogP contribution in [0.25, 0.3) is 0 Å². The summed E-state index contributed by atoms with van der Waals surface area (Å²) in [5.74, 6) is -3.56. The van der Waals surface area contributed by atoms with E-state index in [0.717, 1.165) is 5.56 Å². The topological polar surface area (TPSA) is 163 Å². The van der Waals surface area contributed by atoms with E-state index in [1.165, 1.54) is 11.0 Å². The van der Waals surface area contributed by atoms with Crippen LogP contribution in [0, 0.1) is 22.7 Å². The first-order chi connectivity index (χ1) is 21.8. The van der Waals surface area contributed by atoms with Crippen LogP contribution in [-0.4, -0.2) is 83.8 Å². The van der Waals surface area contributed by atoms with Gasteiger partial charge < -0.3 is 30.9 Å². The molecular formula is C35H51N5O7. The molecule has 12 nitrogen and oxygen atoms in total. The maximum atomic E-state index is 14.0. The molecule has 0 spiro atoms. The van der Waals surface area contributed by atoms with Crippen LogP contribution in [0.2, 0.25) is 0 Å². The van der Waals surface area contributed by atoms with Crippen molar-refractivity contribution in [3.05, 3.63) is 48.6 Å². The van der Waals surface area contributed by atoms with E-state index in [-0.39, 0.29) is 23.7 Å². The number of piperidine rings is 1. The number of amides is 5. The Kier molecular flexibility index (Phi) is 11.6. The number of ketones is 1. The number of likely N-dealkylation sites (tertiary alicyclic amines) is 1. The zero-order valence-corrected chi connectivity index (χ0v) is 28.9. The van der Waals surface area contributed by atoms with Gasteiger partial charge in [-0.3, -0.25) is 24.0 Å². The third-order valence-electron chi connectivity index (χ3n) is 8.78. The summed E-state index contributed by atoms with van der Waals surface area (Å²) in [6, 6.07) is 6.41. The monoisotopic (exact) mass is 653 g/mol. The molecule has 0 radical (unpaired) electrons. The lowest BCUT2D eigenvalue weighted by Crippen LogP contribution is -2.60. The van der Waals surface area contributed by atoms with E-state index in [1.807, 2.05) is 65.0 Å². The van der Waals surface area contributed by atoms with E-state index in [1.54, 1.807) is 20.8 Å². The minimum Gasteiger partial charge on any atom is -0.444 e. The fraction of sp³-hybridized carbons (Fsp3) is 0.600. The number of alkyl carbamates (subject to hydrolysis) is 1. The Labute approximate surface area is 277 Å². The van der Waals surface area contributed by atoms with Crippen molar-refractivity contribution < 1.29 is 33.5 Å². The first kappa shape index (κ1) is 37.2. The number of carbonyl (C=O) groups is 6. The number of hydrogen-bond donors (Lipinski definition) is 4. The van der Waals surface area contributed by atoms with E-state index in [2.05, 4.69) is 27.8 Å². The van der Waals surface area contributed by atoms with Crippen molar-refractivity contribution in [2.75, 3.05) is 19.6 Å². The van der Waals surface area contributed by atoms with Gasteiger partial charge in [-0.2, -0.15) is 0 Å². The molecular weight excluding hydrogens is 602 g/mol. The first-order valence-electron chi connectivity index (χ1n) is 16.1. The van der Waals surface area contributed by atoms with Gasteiger partial charge in [-0.05, 0) is 61.8 Å². The Morgan fingerprint density at radius 3 is 2.21 bits per heavy atom. The third kappa shape index (κ3) is 9.65. The van der Waals surface area contributed by atoms with Crippen molar-refractivity contribution in [3.8, 4) is 0 Å². The van der Waals surface area contributed by atoms with Crippen LogP contribution in [0.1, 0.15) is 67.4 Å². The molecule has 2 aliphatic rings. The summed E-state index contributed by atoms with van der Waals surface area (Å²) in [5.41, 5.74) is -0.670. The second-order valence-corrected chi connectivity index (χ2v) is 15.1. The fourth-order valence-corrected chi connectivity index (χ4v) is 6.17. The summed E-state index contributed by atoms with van der Waals surface area (Å²) in [6.45, 7) is 18.6. The molecule has 258 valence electrons. The standard InChI is InChI=1S/C35H51N5O7/c1-10-14-23(27(42)30(44)37-19-24(41)36-18-17-21-15-12-11-13-16-21)38-29(43)26-25-22(35(25,8)9)20-40(26)31(45)28(33(2,3)4)39-32(46)47-34(5,6)7/h10-13,15-16,22-23,25-26,28H,1,14,17-20H2,2-9H3,(H,36,41)(H,37,44)(H,38,43)(H,39,46)/t22-,23?,25-,26-,28+/m0/s1. The number of benzene rings is 1. The molecule has 5 atom stereocenters. The fourth-order valence-electron chi connectivity index (χ4n) is 6.17. The molecule has 0 bridgehead atoms. The van der Waals surface area contributed by atoms with Gasteiger partial charge in [0.25, 0.3) is 5.91 Å². The third-order valence-corrected chi connectivity index (χ3v) is 8.78. The van der Waals surface area contributed by atoms with E-state index in [0.29, 0.717) is 19.5 Å². The number of rotatable bonds is 13. The van der Waals surface area contributed by atoms with E-state index < -0.39 is 71.2 Å². The average molecular weight is 654 g/mol. The van der Waals surface area contributed by atoms with Crippen molar-refractivity contribution in [2.45, 2.75) is 92.0 Å². The van der Waals surface area contributed by atoms with Gasteiger partial charge in [-0.1, -0.05) is 71.0 Å². The molecule has 0 aromatic heterocycles. The van der Waals surface area contributed by atoms with Crippen LogP contribution in [-0.2, 0) is 35.1 Å². The van der Waals surface area contributed by atoms with E-state index in [4.69, 9.17) is 4.74 Å². The largest absolute Gasteiger partial charge is 0.444 e. The number of hydrogen-bond acceptors (Lipinski definition) is 7. The highest BCUT2D eigenvalue weighted by molar-refractivity contribution is 6.38. The normalized spacial score (nSPS) is 20.9. The van der Waals surface area contributed by atoms with Gasteiger partial charge in [-0.25, -0.2) is 4.79 Å². The lowest BCUT2D eigenvalue weighted by atomic mass is 9.85. The van der Waals surface area contributed by atoms with E-state index in [9.17, 15) is 28.8 Å². The van der Waals surface area contributed by atoms with Gasteiger partial charge in [0.1, 0.15) is 23.7 Å². The first-order valence-corrected chi connectivity index (χ1v) is 16.1. The molecule has 1 aliphatic heterocycles. The minimum absolute atomic E-state index is 0.0375. The highest BCUT2D eigenvalue weighted by Gasteiger charge is 2.70. The summed E-state index contributed by atoms with van der Waals surface area (Å²) >= 11 is 0. The van der Waals surface area contributed by atoms with Crippen molar-refractivity contribution in [1.29, 1.82) is 0 Å². The number of Topliss-reactive ketones (excluding diaryl/α,β-unsaturated/α-hetero) is 1. The SMILES string of the molecule is C=CCC(NC(=O)[C@@H]1[C@@H]2[C@H](CN1C(=O)[C@@H](NC(=O)OC(C)(C)C)C(C)(C)C)C2(C)C)C(=O)C(=O)NCC(=O)NCCc1ccccc1. The van der Waals surface area contributed by atoms with Crippen LogP contribution in [0.3, 0.4) is 0 Å². The predicted molar refractivity (Wildman–Crippen MR) is 177 cm³/mol. The molecule has 1 aromatic carbocycles. The average Bonchev–Trinajstić information content (AvgIpc) is 3.28. The number of nitrogens with one attached hydrogen (secondary N) is 4. The van der Waals surface area contributed by atoms with Crippen LogP contribution in [0.15, 0.2) is 43.0 Å². The molecule has 12 heteroatoms. The Bertz CT molecular complexity index is 1360. The van der Waals surface area contributed by atoms with Gasteiger partial charge >= 0.3 is 6.09 Å². The van der Waals surface area contributed by atoms with Gasteiger partial charge in [-0.15, -0.1) is 6.58 Å². The summed E-state index contributed by atoms with van der Waals surface area (Å²) in [5, 5.41) is 10.4. The Morgan fingerprint density at radius 1 is 1.00 bits per heavy atom. The summed E-state index contributed by atoms with van der Waals surface area (Å²) in [7, 11) is 0. The van der Waals surface area contributed by atoms with Crippen LogP contribution in [0.5, 0.6) is 0 Å². The van der Waals surface area contributed by atoms with Gasteiger partial charge in [0, 0.05) is 13.1 Å². The number of carbonyl (C=O) groups excluding carboxylic acids is 6. The van der Waals surface area contributed by atoms with Crippen LogP contribution < -0.4 is 21.3 Å². The molecule has 1 aliphatic carbocycles. The molecule has 2 fully saturated rings. The van der Waals surface area contributed by atoms with Crippen molar-refractivity contribution in [3.63, 3.8) is 0 Å². The van der Waals surface area contributed by atoms with Crippen molar-refractivity contribution >= 4 is 35.5 Å². The maximum Gasteiger partial charge on any atom is 0.408 e. The Hall–Kier alpha value is -4.22. The lowest BCUT2D eigenvalue weighted by molar-refractivity contribution is -0.145. The molecule has 3 rings (SSSR count). The highest BCUT2D eigenvalue weighted by Crippen LogP contribution is 2.65. The molecule has 47 heavy (non-hydrogen) atoms. The molecule has 1 unspecified atom stereocenters. The van der Waals surface area contributed by atoms with Crippen LogP contribution in [0.4, 0.5) is 4.79 Å². The molecule has 4 N–H and O–H groups in total. The Morgan fingerprint density at radius 2 is 1.64 bits per heavy atom. The highest BCUT2D eigenvalue weighted by atomic mass is 16.6. The molecule has 1 heterocycles. The van der Waals surface area contributed by atoms with Gasteiger partial charge in [0.2, 0.25) is 23.5 Å². The van der Waals surface area contributed by atoms with Crippen LogP contribution >= 0.6 is 0 Å². The lowest BCUT2D eigenvalue weighted by Gasteiger charge is -2.38. The summed E-state index contributed by atoms with van der Waals surface area (Å²) in [6.07, 6.45) is 1.24. The van der Waals surface area contributed by atoms with Gasteiger partial charge in [0.05, 0.1) is 6.54 Å². The van der Waals surface area contributed by atoms with E-state index >= 15 is 0 Å². The molecule has 1 saturated heterocycles. The maximum absolute atomic E-state index is 14.0. The molecule has 1 aromatic rings. The molecule has 1 saturated carbocycles. The summed E-state index contributed by atoms with van der Waals surface area (Å²) in [4.78, 5) is 80.3. The van der Waals surface area contributed by atoms with Crippen molar-refractivity contribution in [2.24, 2.45) is 22.7 Å². The molecule has 5 amide bonds. The minimum atomic E-state index is -1.25. The number of fused-ring (bicyclic) bond motifs is 1. The predicted octanol–water partition coefficient (Wildman–Crippen LogP) is 2.51. The van der Waals surface area contributed by atoms with Gasteiger partial charge in [0.15, 0.2) is 0 Å².